The molecular formula is C19H27N5O4S. The van der Waals surface area contributed by atoms with Crippen LogP contribution in [0.3, 0.4) is 0 Å². The second-order valence-corrected chi connectivity index (χ2v) is 6.94. The van der Waals surface area contributed by atoms with Crippen LogP contribution in [0.4, 0.5) is 5.69 Å². The minimum absolute atomic E-state index is 0.0918. The van der Waals surface area contributed by atoms with Crippen molar-refractivity contribution in [1.82, 2.24) is 21.1 Å². The van der Waals surface area contributed by atoms with Gasteiger partial charge in [0, 0.05) is 51.5 Å². The summed E-state index contributed by atoms with van der Waals surface area (Å²) in [5.41, 5.74) is 3.77. The Morgan fingerprint density at radius 3 is 2.59 bits per heavy atom. The van der Waals surface area contributed by atoms with Crippen LogP contribution < -0.4 is 21.0 Å². The molecule has 2 rings (SSSR count). The molecule has 10 heteroatoms. The van der Waals surface area contributed by atoms with E-state index in [0.29, 0.717) is 36.8 Å². The Balaban J connectivity index is 1.74. The molecule has 1 saturated heterocycles. The van der Waals surface area contributed by atoms with Crippen molar-refractivity contribution in [2.75, 3.05) is 45.3 Å². The lowest BCUT2D eigenvalue weighted by molar-refractivity contribution is -0.123. The van der Waals surface area contributed by atoms with Crippen molar-refractivity contribution >= 4 is 40.7 Å². The molecule has 0 saturated carbocycles. The Kier molecular flexibility index (Phi) is 8.81. The molecule has 0 spiro atoms. The Hall–Kier alpha value is -2.72. The van der Waals surface area contributed by atoms with Gasteiger partial charge in [-0.15, -0.1) is 0 Å². The molecular weight excluding hydrogens is 394 g/mol. The molecule has 0 aromatic heterocycles. The quantitative estimate of drug-likeness (QED) is 0.318. The van der Waals surface area contributed by atoms with Crippen molar-refractivity contribution in [3.63, 3.8) is 0 Å². The molecule has 158 valence electrons. The number of hydrogen-bond donors (Lipinski definition) is 3. The summed E-state index contributed by atoms with van der Waals surface area (Å²) in [6, 6.07) is 6.75. The van der Waals surface area contributed by atoms with Crippen molar-refractivity contribution < 1.29 is 19.1 Å². The zero-order chi connectivity index (χ0) is 21.2. The Labute approximate surface area is 175 Å². The third-order valence-electron chi connectivity index (χ3n) is 4.32. The second-order valence-electron chi connectivity index (χ2n) is 6.55. The first-order valence-corrected chi connectivity index (χ1v) is 9.82. The van der Waals surface area contributed by atoms with Crippen LogP contribution in [0.25, 0.3) is 0 Å². The van der Waals surface area contributed by atoms with Gasteiger partial charge in [0.1, 0.15) is 0 Å². The van der Waals surface area contributed by atoms with Gasteiger partial charge in [-0.2, -0.15) is 0 Å². The number of nitrogens with one attached hydrogen (secondary N) is 3. The zero-order valence-corrected chi connectivity index (χ0v) is 17.5. The third kappa shape index (κ3) is 6.99. The monoisotopic (exact) mass is 421 g/mol. The van der Waals surface area contributed by atoms with Crippen molar-refractivity contribution in [3.8, 4) is 0 Å². The van der Waals surface area contributed by atoms with Gasteiger partial charge >= 0.3 is 0 Å². The van der Waals surface area contributed by atoms with E-state index in [4.69, 9.17) is 17.0 Å². The number of hydrazine groups is 1. The molecule has 1 aliphatic heterocycles. The van der Waals surface area contributed by atoms with Crippen LogP contribution >= 0.6 is 12.2 Å². The van der Waals surface area contributed by atoms with Gasteiger partial charge in [-0.05, 0) is 49.3 Å². The maximum Gasteiger partial charge on any atom is 0.257 e. The average Bonchev–Trinajstić information content (AvgIpc) is 3.15. The summed E-state index contributed by atoms with van der Waals surface area (Å²) in [7, 11) is 3.24. The number of anilines is 1. The van der Waals surface area contributed by atoms with Gasteiger partial charge in [0.15, 0.2) is 5.11 Å². The van der Waals surface area contributed by atoms with E-state index in [2.05, 4.69) is 16.1 Å². The molecule has 3 N–H and O–H groups in total. The SMILES string of the molecule is COCCCNC(=S)N(C)NC(=O)CNC(=O)c1ccc(N2CCCC2=O)cc1. The maximum atomic E-state index is 12.2. The number of methoxy groups -OCH3 is 1. The molecule has 3 amide bonds. The highest BCUT2D eigenvalue weighted by Crippen LogP contribution is 2.21. The van der Waals surface area contributed by atoms with E-state index in [1.54, 1.807) is 43.3 Å². The van der Waals surface area contributed by atoms with E-state index in [0.717, 1.165) is 18.5 Å². The lowest BCUT2D eigenvalue weighted by atomic mass is 10.2. The van der Waals surface area contributed by atoms with Crippen LogP contribution in [0.1, 0.15) is 29.6 Å². The molecule has 1 aliphatic rings. The molecule has 1 aromatic carbocycles. The molecule has 1 aromatic rings. The molecule has 29 heavy (non-hydrogen) atoms. The summed E-state index contributed by atoms with van der Waals surface area (Å²) in [5.74, 6) is -0.683. The summed E-state index contributed by atoms with van der Waals surface area (Å²) in [6.45, 7) is 1.75. The van der Waals surface area contributed by atoms with Crippen LogP contribution in [0.2, 0.25) is 0 Å². The van der Waals surface area contributed by atoms with E-state index in [9.17, 15) is 14.4 Å². The van der Waals surface area contributed by atoms with E-state index >= 15 is 0 Å². The number of benzene rings is 1. The van der Waals surface area contributed by atoms with Crippen molar-refractivity contribution in [3.05, 3.63) is 29.8 Å². The molecule has 1 fully saturated rings. The third-order valence-corrected chi connectivity index (χ3v) is 4.74. The number of rotatable bonds is 8. The number of hydrogen-bond acceptors (Lipinski definition) is 5. The number of ether oxygens (including phenoxy) is 1. The molecule has 0 atom stereocenters. The summed E-state index contributed by atoms with van der Waals surface area (Å²) >= 11 is 5.17. The largest absolute Gasteiger partial charge is 0.385 e. The average molecular weight is 422 g/mol. The Morgan fingerprint density at radius 1 is 1.24 bits per heavy atom. The van der Waals surface area contributed by atoms with E-state index in [-0.39, 0.29) is 18.4 Å². The normalized spacial score (nSPS) is 13.2. The summed E-state index contributed by atoms with van der Waals surface area (Å²) in [4.78, 5) is 37.7. The van der Waals surface area contributed by atoms with E-state index in [1.807, 2.05) is 0 Å². The maximum absolute atomic E-state index is 12.2. The molecule has 1 heterocycles. The molecule has 9 nitrogen and oxygen atoms in total. The molecule has 0 bridgehead atoms. The highest BCUT2D eigenvalue weighted by Gasteiger charge is 2.21. The Bertz CT molecular complexity index is 741. The summed E-state index contributed by atoms with van der Waals surface area (Å²) in [5, 5.41) is 7.31. The lowest BCUT2D eigenvalue weighted by Crippen LogP contribution is -2.50. The fraction of sp³-hybridized carbons (Fsp3) is 0.474. The standard InChI is InChI=1S/C19H27N5O4S/c1-23(19(29)20-10-4-12-28-2)22-16(25)13-21-18(27)14-6-8-15(9-7-14)24-11-3-5-17(24)26/h6-9H,3-5,10-13H2,1-2H3,(H,20,29)(H,21,27)(H,22,25). The van der Waals surface area contributed by atoms with Gasteiger partial charge in [0.25, 0.3) is 11.8 Å². The van der Waals surface area contributed by atoms with Crippen molar-refractivity contribution in [1.29, 1.82) is 0 Å². The molecule has 0 radical (unpaired) electrons. The second kappa shape index (κ2) is 11.3. The van der Waals surface area contributed by atoms with Crippen LogP contribution in [-0.4, -0.2) is 68.2 Å². The minimum atomic E-state index is -0.402. The van der Waals surface area contributed by atoms with Gasteiger partial charge in [-0.3, -0.25) is 24.8 Å². The highest BCUT2D eigenvalue weighted by molar-refractivity contribution is 7.80. The van der Waals surface area contributed by atoms with Crippen LogP contribution in [-0.2, 0) is 14.3 Å². The van der Waals surface area contributed by atoms with Crippen molar-refractivity contribution in [2.45, 2.75) is 19.3 Å². The van der Waals surface area contributed by atoms with Crippen LogP contribution in [0.15, 0.2) is 24.3 Å². The van der Waals surface area contributed by atoms with E-state index < -0.39 is 5.91 Å². The Morgan fingerprint density at radius 2 is 1.97 bits per heavy atom. The number of thiocarbonyl (C=S) groups is 1. The number of nitrogens with zero attached hydrogens (tertiary/aromatic N) is 2. The molecule has 0 unspecified atom stereocenters. The smallest absolute Gasteiger partial charge is 0.257 e. The topological polar surface area (TPSA) is 103 Å². The van der Waals surface area contributed by atoms with Gasteiger partial charge in [-0.25, -0.2) is 0 Å². The highest BCUT2D eigenvalue weighted by atomic mass is 32.1. The van der Waals surface area contributed by atoms with Crippen LogP contribution in [0, 0.1) is 0 Å². The minimum Gasteiger partial charge on any atom is -0.385 e. The van der Waals surface area contributed by atoms with Crippen molar-refractivity contribution in [2.24, 2.45) is 0 Å². The lowest BCUT2D eigenvalue weighted by Gasteiger charge is -2.21. The van der Waals surface area contributed by atoms with Gasteiger partial charge < -0.3 is 20.3 Å². The van der Waals surface area contributed by atoms with Gasteiger partial charge in [-0.1, -0.05) is 0 Å². The number of amides is 3. The van der Waals surface area contributed by atoms with E-state index in [1.165, 1.54) is 5.01 Å². The van der Waals surface area contributed by atoms with Gasteiger partial charge in [0.2, 0.25) is 5.91 Å². The predicted molar refractivity (Wildman–Crippen MR) is 113 cm³/mol. The summed E-state index contributed by atoms with van der Waals surface area (Å²) in [6.07, 6.45) is 2.19. The zero-order valence-electron chi connectivity index (χ0n) is 16.7. The molecule has 0 aliphatic carbocycles. The first kappa shape index (κ1) is 22.6. The van der Waals surface area contributed by atoms with Gasteiger partial charge in [0.05, 0.1) is 6.54 Å². The first-order chi connectivity index (χ1) is 13.9. The number of carbonyl (C=O) groups is 3. The predicted octanol–water partition coefficient (Wildman–Crippen LogP) is 0.417. The number of carbonyl (C=O) groups excluding carboxylic acids is 3. The fourth-order valence-electron chi connectivity index (χ4n) is 2.78. The fourth-order valence-corrected chi connectivity index (χ4v) is 2.93. The van der Waals surface area contributed by atoms with Crippen LogP contribution in [0.5, 0.6) is 0 Å². The summed E-state index contributed by atoms with van der Waals surface area (Å²) < 4.78 is 4.95. The first-order valence-electron chi connectivity index (χ1n) is 9.41.